The van der Waals surface area contributed by atoms with Crippen molar-refractivity contribution in [2.75, 3.05) is 7.05 Å². The Bertz CT molecular complexity index is 408. The molecule has 1 N–H and O–H groups in total. The zero-order valence-corrected chi connectivity index (χ0v) is 10.2. The van der Waals surface area contributed by atoms with E-state index in [4.69, 9.17) is 11.6 Å². The van der Waals surface area contributed by atoms with Crippen LogP contribution < -0.4 is 5.32 Å². The van der Waals surface area contributed by atoms with Gasteiger partial charge in [0.2, 0.25) is 5.91 Å². The van der Waals surface area contributed by atoms with Gasteiger partial charge in [-0.3, -0.25) is 10.1 Å². The van der Waals surface area contributed by atoms with Crippen LogP contribution in [-0.4, -0.2) is 23.9 Å². The quantitative estimate of drug-likeness (QED) is 0.857. The SMILES string of the molecule is CCC1NC(c2cccc(Cl)c2)N(C)C1=O. The first kappa shape index (κ1) is 11.4. The number of nitrogens with zero attached hydrogens (tertiary/aromatic N) is 1. The van der Waals surface area contributed by atoms with Gasteiger partial charge in [0.15, 0.2) is 0 Å². The first-order valence-electron chi connectivity index (χ1n) is 5.41. The lowest BCUT2D eigenvalue weighted by Gasteiger charge is -2.19. The predicted octanol–water partition coefficient (Wildman–Crippen LogP) is 2.18. The number of carbonyl (C=O) groups is 1. The molecule has 1 fully saturated rings. The van der Waals surface area contributed by atoms with Crippen LogP contribution in [0, 0.1) is 0 Å². The maximum Gasteiger partial charge on any atom is 0.241 e. The van der Waals surface area contributed by atoms with Crippen LogP contribution in [0.15, 0.2) is 24.3 Å². The van der Waals surface area contributed by atoms with E-state index in [-0.39, 0.29) is 18.1 Å². The highest BCUT2D eigenvalue weighted by molar-refractivity contribution is 6.30. The largest absolute Gasteiger partial charge is 0.325 e. The Balaban J connectivity index is 2.26. The lowest BCUT2D eigenvalue weighted by Crippen LogP contribution is -2.27. The molecule has 0 saturated carbocycles. The number of amides is 1. The molecule has 0 spiro atoms. The van der Waals surface area contributed by atoms with Crippen LogP contribution in [0.4, 0.5) is 0 Å². The van der Waals surface area contributed by atoms with Gasteiger partial charge >= 0.3 is 0 Å². The average Bonchev–Trinajstić information content (AvgIpc) is 2.56. The lowest BCUT2D eigenvalue weighted by molar-refractivity contribution is -0.128. The van der Waals surface area contributed by atoms with Gasteiger partial charge in [-0.15, -0.1) is 0 Å². The van der Waals surface area contributed by atoms with Crippen LogP contribution in [0.2, 0.25) is 5.02 Å². The van der Waals surface area contributed by atoms with E-state index in [1.807, 2.05) is 38.2 Å². The standard InChI is InChI=1S/C12H15ClN2O/c1-3-10-12(16)15(2)11(14-10)8-5-4-6-9(13)7-8/h4-7,10-11,14H,3H2,1-2H3. The fraction of sp³-hybridized carbons (Fsp3) is 0.417. The maximum atomic E-state index is 11.8. The van der Waals surface area contributed by atoms with E-state index in [2.05, 4.69) is 5.32 Å². The molecule has 1 aliphatic heterocycles. The molecule has 1 amide bonds. The zero-order valence-electron chi connectivity index (χ0n) is 9.40. The number of likely N-dealkylation sites (N-methyl/N-ethyl adjacent to an activating group) is 1. The molecule has 1 aromatic rings. The number of hydrogen-bond donors (Lipinski definition) is 1. The van der Waals surface area contributed by atoms with E-state index in [1.165, 1.54) is 0 Å². The second-order valence-electron chi connectivity index (χ2n) is 4.03. The molecule has 1 heterocycles. The minimum Gasteiger partial charge on any atom is -0.325 e. The number of halogens is 1. The summed E-state index contributed by atoms with van der Waals surface area (Å²) in [6.45, 7) is 2.00. The third-order valence-corrected chi connectivity index (χ3v) is 3.20. The first-order valence-corrected chi connectivity index (χ1v) is 5.79. The summed E-state index contributed by atoms with van der Waals surface area (Å²) in [5.41, 5.74) is 1.03. The molecule has 3 nitrogen and oxygen atoms in total. The van der Waals surface area contributed by atoms with Gasteiger partial charge in [-0.2, -0.15) is 0 Å². The van der Waals surface area contributed by atoms with Gasteiger partial charge in [-0.1, -0.05) is 30.7 Å². The first-order chi connectivity index (χ1) is 7.63. The van der Waals surface area contributed by atoms with Gasteiger partial charge in [-0.05, 0) is 24.1 Å². The predicted molar refractivity (Wildman–Crippen MR) is 64.2 cm³/mol. The van der Waals surface area contributed by atoms with Crippen molar-refractivity contribution in [1.82, 2.24) is 10.2 Å². The Labute approximate surface area is 100 Å². The number of carbonyl (C=O) groups excluding carboxylic acids is 1. The van der Waals surface area contributed by atoms with E-state index in [9.17, 15) is 4.79 Å². The molecule has 1 aromatic carbocycles. The molecule has 0 aliphatic carbocycles. The van der Waals surface area contributed by atoms with Gasteiger partial charge < -0.3 is 4.90 Å². The second-order valence-corrected chi connectivity index (χ2v) is 4.47. The van der Waals surface area contributed by atoms with Gasteiger partial charge in [0, 0.05) is 12.1 Å². The van der Waals surface area contributed by atoms with Gasteiger partial charge in [0.1, 0.15) is 6.17 Å². The third-order valence-electron chi connectivity index (χ3n) is 2.96. The van der Waals surface area contributed by atoms with Crippen LogP contribution in [0.25, 0.3) is 0 Å². The Hall–Kier alpha value is -1.06. The van der Waals surface area contributed by atoms with Crippen molar-refractivity contribution in [1.29, 1.82) is 0 Å². The van der Waals surface area contributed by atoms with E-state index < -0.39 is 0 Å². The van der Waals surface area contributed by atoms with Gasteiger partial charge in [0.25, 0.3) is 0 Å². The van der Waals surface area contributed by atoms with Gasteiger partial charge in [0.05, 0.1) is 6.04 Å². The van der Waals surface area contributed by atoms with Crippen molar-refractivity contribution in [2.24, 2.45) is 0 Å². The monoisotopic (exact) mass is 238 g/mol. The number of rotatable bonds is 2. The van der Waals surface area contributed by atoms with Crippen LogP contribution in [0.3, 0.4) is 0 Å². The number of benzene rings is 1. The summed E-state index contributed by atoms with van der Waals surface area (Å²) < 4.78 is 0. The molecule has 0 aromatic heterocycles. The molecular weight excluding hydrogens is 224 g/mol. The van der Waals surface area contributed by atoms with Crippen LogP contribution in [0.5, 0.6) is 0 Å². The molecule has 2 rings (SSSR count). The Morgan fingerprint density at radius 2 is 2.25 bits per heavy atom. The van der Waals surface area contributed by atoms with E-state index in [1.54, 1.807) is 4.90 Å². The normalized spacial score (nSPS) is 25.2. The van der Waals surface area contributed by atoms with Crippen molar-refractivity contribution in [3.8, 4) is 0 Å². The molecule has 0 radical (unpaired) electrons. The molecular formula is C12H15ClN2O. The van der Waals surface area contributed by atoms with Crippen molar-refractivity contribution in [3.63, 3.8) is 0 Å². The summed E-state index contributed by atoms with van der Waals surface area (Å²) in [4.78, 5) is 13.6. The smallest absolute Gasteiger partial charge is 0.241 e. The molecule has 1 aliphatic rings. The van der Waals surface area contributed by atoms with Crippen LogP contribution in [0.1, 0.15) is 25.1 Å². The Kier molecular flexibility index (Phi) is 3.17. The lowest BCUT2D eigenvalue weighted by atomic mass is 10.1. The van der Waals surface area contributed by atoms with Crippen LogP contribution in [-0.2, 0) is 4.79 Å². The van der Waals surface area contributed by atoms with E-state index in [0.717, 1.165) is 12.0 Å². The minimum absolute atomic E-state index is 0.0591. The molecule has 2 unspecified atom stereocenters. The summed E-state index contributed by atoms with van der Waals surface area (Å²) in [5, 5.41) is 4.00. The van der Waals surface area contributed by atoms with Crippen LogP contribution >= 0.6 is 11.6 Å². The van der Waals surface area contributed by atoms with E-state index in [0.29, 0.717) is 5.02 Å². The average molecular weight is 239 g/mol. The summed E-state index contributed by atoms with van der Waals surface area (Å²) in [6, 6.07) is 7.52. The van der Waals surface area contributed by atoms with Crippen molar-refractivity contribution < 1.29 is 4.79 Å². The van der Waals surface area contributed by atoms with Gasteiger partial charge in [-0.25, -0.2) is 0 Å². The van der Waals surface area contributed by atoms with Crippen molar-refractivity contribution >= 4 is 17.5 Å². The van der Waals surface area contributed by atoms with E-state index >= 15 is 0 Å². The second kappa shape index (κ2) is 4.44. The number of hydrogen-bond acceptors (Lipinski definition) is 2. The highest BCUT2D eigenvalue weighted by Crippen LogP contribution is 2.26. The molecule has 4 heteroatoms. The Morgan fingerprint density at radius 1 is 1.50 bits per heavy atom. The summed E-state index contributed by atoms with van der Waals surface area (Å²) in [6.07, 6.45) is 0.747. The molecule has 0 bridgehead atoms. The maximum absolute atomic E-state index is 11.8. The number of nitrogens with one attached hydrogen (secondary N) is 1. The molecule has 2 atom stereocenters. The summed E-state index contributed by atoms with van der Waals surface area (Å²) in [7, 11) is 1.82. The molecule has 16 heavy (non-hydrogen) atoms. The summed E-state index contributed by atoms with van der Waals surface area (Å²) in [5.74, 6) is 0.146. The highest BCUT2D eigenvalue weighted by atomic mass is 35.5. The zero-order chi connectivity index (χ0) is 11.7. The third kappa shape index (κ3) is 1.93. The van der Waals surface area contributed by atoms with Crippen molar-refractivity contribution in [3.05, 3.63) is 34.9 Å². The van der Waals surface area contributed by atoms with Crippen molar-refractivity contribution in [2.45, 2.75) is 25.6 Å². The summed E-state index contributed by atoms with van der Waals surface area (Å²) >= 11 is 5.95. The minimum atomic E-state index is -0.0750. The topological polar surface area (TPSA) is 32.3 Å². The molecule has 1 saturated heterocycles. The fourth-order valence-electron chi connectivity index (χ4n) is 2.04. The fourth-order valence-corrected chi connectivity index (χ4v) is 2.23. The Morgan fingerprint density at radius 3 is 2.81 bits per heavy atom. The molecule has 86 valence electrons. The highest BCUT2D eigenvalue weighted by Gasteiger charge is 2.35.